The maximum Gasteiger partial charge on any atom is 0.186 e. The summed E-state index contributed by atoms with van der Waals surface area (Å²) in [7, 11) is 0. The zero-order valence-electron chi connectivity index (χ0n) is 15.6. The molecule has 0 radical (unpaired) electrons. The number of hydrogen-bond acceptors (Lipinski definition) is 4. The molecule has 3 rings (SSSR count). The van der Waals surface area contributed by atoms with Crippen molar-refractivity contribution in [3.05, 3.63) is 71.8 Å². The van der Waals surface area contributed by atoms with Crippen molar-refractivity contribution in [1.29, 1.82) is 0 Å². The normalized spacial score (nSPS) is 25.0. The van der Waals surface area contributed by atoms with Crippen LogP contribution in [0.1, 0.15) is 18.1 Å². The van der Waals surface area contributed by atoms with Gasteiger partial charge in [-0.2, -0.15) is 0 Å². The van der Waals surface area contributed by atoms with Gasteiger partial charge in [-0.15, -0.1) is 6.42 Å². The fraction of sp³-hybridized carbons (Fsp3) is 0.391. The second-order valence-electron chi connectivity index (χ2n) is 6.72. The van der Waals surface area contributed by atoms with Crippen LogP contribution in [0.3, 0.4) is 0 Å². The molecule has 0 aliphatic carbocycles. The fourth-order valence-corrected chi connectivity index (χ4v) is 3.15. The Hall–Kier alpha value is -2.16. The van der Waals surface area contributed by atoms with E-state index >= 15 is 0 Å². The van der Waals surface area contributed by atoms with E-state index < -0.39 is 6.29 Å². The molecule has 27 heavy (non-hydrogen) atoms. The molecule has 0 amide bonds. The molecular weight excluding hydrogens is 340 g/mol. The highest BCUT2D eigenvalue weighted by Crippen LogP contribution is 2.27. The van der Waals surface area contributed by atoms with Crippen molar-refractivity contribution in [2.45, 2.75) is 38.6 Å². The molecule has 2 aromatic carbocycles. The predicted octanol–water partition coefficient (Wildman–Crippen LogP) is 3.80. The second-order valence-corrected chi connectivity index (χ2v) is 6.72. The molecule has 2 aromatic rings. The van der Waals surface area contributed by atoms with Crippen LogP contribution in [0.2, 0.25) is 0 Å². The summed E-state index contributed by atoms with van der Waals surface area (Å²) >= 11 is 0. The molecule has 0 unspecified atom stereocenters. The lowest BCUT2D eigenvalue weighted by Crippen LogP contribution is -2.52. The Kier molecular flexibility index (Phi) is 7.44. The van der Waals surface area contributed by atoms with Gasteiger partial charge >= 0.3 is 0 Å². The summed E-state index contributed by atoms with van der Waals surface area (Å²) in [6.07, 6.45) is 4.35. The summed E-state index contributed by atoms with van der Waals surface area (Å²) < 4.78 is 24.1. The topological polar surface area (TPSA) is 36.9 Å². The summed E-state index contributed by atoms with van der Waals surface area (Å²) in [6, 6.07) is 20.1. The van der Waals surface area contributed by atoms with Gasteiger partial charge in [-0.05, 0) is 11.1 Å². The summed E-state index contributed by atoms with van der Waals surface area (Å²) in [5, 5.41) is 0. The van der Waals surface area contributed by atoms with E-state index in [2.05, 4.69) is 12.8 Å². The van der Waals surface area contributed by atoms with Crippen molar-refractivity contribution in [1.82, 2.24) is 0 Å². The Morgan fingerprint density at radius 2 is 1.48 bits per heavy atom. The summed E-state index contributed by atoms with van der Waals surface area (Å²) in [4.78, 5) is 0. The quantitative estimate of drug-likeness (QED) is 0.666. The van der Waals surface area contributed by atoms with Crippen molar-refractivity contribution in [2.24, 2.45) is 5.92 Å². The van der Waals surface area contributed by atoms with E-state index in [0.29, 0.717) is 19.8 Å². The molecule has 0 saturated carbocycles. The van der Waals surface area contributed by atoms with Crippen LogP contribution in [0.5, 0.6) is 0 Å². The van der Waals surface area contributed by atoms with E-state index in [1.807, 2.05) is 60.7 Å². The van der Waals surface area contributed by atoms with E-state index in [9.17, 15) is 0 Å². The van der Waals surface area contributed by atoms with Crippen molar-refractivity contribution < 1.29 is 18.9 Å². The highest BCUT2D eigenvalue weighted by atomic mass is 16.7. The lowest BCUT2D eigenvalue weighted by molar-refractivity contribution is -0.281. The van der Waals surface area contributed by atoms with Gasteiger partial charge < -0.3 is 18.9 Å². The molecule has 4 heteroatoms. The van der Waals surface area contributed by atoms with Gasteiger partial charge in [-0.25, -0.2) is 0 Å². The van der Waals surface area contributed by atoms with Crippen molar-refractivity contribution in [3.8, 4) is 12.3 Å². The summed E-state index contributed by atoms with van der Waals surface area (Å²) in [5.74, 6) is 2.71. The van der Waals surface area contributed by atoms with Gasteiger partial charge in [-0.3, -0.25) is 0 Å². The first-order chi connectivity index (χ1) is 13.3. The second kappa shape index (κ2) is 10.2. The van der Waals surface area contributed by atoms with Crippen molar-refractivity contribution in [3.63, 3.8) is 0 Å². The molecule has 1 fully saturated rings. The first kappa shape index (κ1) is 19.6. The zero-order chi connectivity index (χ0) is 18.9. The van der Waals surface area contributed by atoms with Gasteiger partial charge in [-0.1, -0.05) is 73.5 Å². The Bertz CT molecular complexity index is 710. The Morgan fingerprint density at radius 1 is 0.889 bits per heavy atom. The van der Waals surface area contributed by atoms with Crippen LogP contribution < -0.4 is 0 Å². The Balaban J connectivity index is 1.69. The summed E-state index contributed by atoms with van der Waals surface area (Å²) in [5.41, 5.74) is 2.18. The minimum atomic E-state index is -0.507. The highest BCUT2D eigenvalue weighted by molar-refractivity contribution is 5.14. The first-order valence-electron chi connectivity index (χ1n) is 9.25. The van der Waals surface area contributed by atoms with Crippen molar-refractivity contribution >= 4 is 0 Å². The van der Waals surface area contributed by atoms with Crippen LogP contribution in [-0.4, -0.2) is 31.7 Å². The maximum atomic E-state index is 6.21. The molecule has 4 atom stereocenters. The van der Waals surface area contributed by atoms with E-state index in [1.54, 1.807) is 0 Å². The van der Waals surface area contributed by atoms with Crippen molar-refractivity contribution in [2.75, 3.05) is 13.2 Å². The molecule has 1 aliphatic rings. The largest absolute Gasteiger partial charge is 0.366 e. The third-order valence-electron chi connectivity index (χ3n) is 4.58. The maximum absolute atomic E-state index is 6.21. The molecule has 1 aliphatic heterocycles. The molecule has 4 nitrogen and oxygen atoms in total. The third kappa shape index (κ3) is 5.66. The van der Waals surface area contributed by atoms with Crippen LogP contribution in [0.15, 0.2) is 60.7 Å². The average Bonchev–Trinajstić information content (AvgIpc) is 2.72. The zero-order valence-corrected chi connectivity index (χ0v) is 15.6. The van der Waals surface area contributed by atoms with E-state index in [0.717, 1.165) is 11.1 Å². The lowest BCUT2D eigenvalue weighted by atomic mass is 9.97. The highest BCUT2D eigenvalue weighted by Gasteiger charge is 2.41. The minimum Gasteiger partial charge on any atom is -0.366 e. The van der Waals surface area contributed by atoms with Gasteiger partial charge in [0.05, 0.1) is 25.9 Å². The van der Waals surface area contributed by atoms with E-state index in [4.69, 9.17) is 25.4 Å². The lowest BCUT2D eigenvalue weighted by Gasteiger charge is -2.40. The first-order valence-corrected chi connectivity index (χ1v) is 9.25. The molecule has 142 valence electrons. The third-order valence-corrected chi connectivity index (χ3v) is 4.58. The summed E-state index contributed by atoms with van der Waals surface area (Å²) in [6.45, 7) is 3.77. The molecule has 0 bridgehead atoms. The van der Waals surface area contributed by atoms with Crippen LogP contribution in [0, 0.1) is 18.3 Å². The average molecular weight is 366 g/mol. The van der Waals surface area contributed by atoms with Gasteiger partial charge in [0.1, 0.15) is 12.7 Å². The number of benzene rings is 2. The number of hydrogen-bond donors (Lipinski definition) is 0. The standard InChI is InChI=1S/C23H26O4/c1-3-14-24-21-18(2)15-26-23(27-17-20-12-8-5-9-13-20)22(21)25-16-19-10-6-4-7-11-19/h1,4-13,18,21-23H,14-17H2,2H3/t18-,21+,22-,23-/m1/s1. The van der Waals surface area contributed by atoms with E-state index in [1.165, 1.54) is 0 Å². The number of terminal acetylenes is 1. The van der Waals surface area contributed by atoms with Crippen LogP contribution in [0.25, 0.3) is 0 Å². The molecule has 1 heterocycles. The predicted molar refractivity (Wildman–Crippen MR) is 104 cm³/mol. The monoisotopic (exact) mass is 366 g/mol. The van der Waals surface area contributed by atoms with Gasteiger partial charge in [0.15, 0.2) is 6.29 Å². The Labute approximate surface area is 161 Å². The smallest absolute Gasteiger partial charge is 0.186 e. The molecular formula is C23H26O4. The minimum absolute atomic E-state index is 0.163. The molecule has 0 spiro atoms. The van der Waals surface area contributed by atoms with E-state index in [-0.39, 0.29) is 24.7 Å². The number of rotatable bonds is 8. The van der Waals surface area contributed by atoms with Crippen LogP contribution in [-0.2, 0) is 32.2 Å². The number of ether oxygens (including phenoxy) is 4. The molecule has 0 aromatic heterocycles. The Morgan fingerprint density at radius 3 is 2.07 bits per heavy atom. The fourth-order valence-electron chi connectivity index (χ4n) is 3.15. The van der Waals surface area contributed by atoms with Gasteiger partial charge in [0, 0.05) is 5.92 Å². The molecule has 1 saturated heterocycles. The van der Waals surface area contributed by atoms with Gasteiger partial charge in [0.25, 0.3) is 0 Å². The van der Waals surface area contributed by atoms with Crippen LogP contribution >= 0.6 is 0 Å². The van der Waals surface area contributed by atoms with Crippen LogP contribution in [0.4, 0.5) is 0 Å². The molecule has 0 N–H and O–H groups in total. The van der Waals surface area contributed by atoms with Gasteiger partial charge in [0.2, 0.25) is 0 Å². The SMILES string of the molecule is C#CCO[C@@H]1[C@@H](OCc2ccccc2)[C@@H](OCc2ccccc2)OC[C@H]1C.